The van der Waals surface area contributed by atoms with E-state index >= 15 is 0 Å². The van der Waals surface area contributed by atoms with Crippen LogP contribution in [0.1, 0.15) is 17.0 Å². The van der Waals surface area contributed by atoms with Crippen LogP contribution in [0.25, 0.3) is 16.6 Å². The highest BCUT2D eigenvalue weighted by atomic mass is 32.2. The molecule has 0 aliphatic heterocycles. The first-order valence-electron chi connectivity index (χ1n) is 8.48. The number of thioether (sulfide) groups is 1. The van der Waals surface area contributed by atoms with Crippen LogP contribution >= 0.6 is 11.8 Å². The molecule has 0 atom stereocenters. The normalized spacial score (nSPS) is 11.2. The van der Waals surface area contributed by atoms with Gasteiger partial charge in [0.2, 0.25) is 5.16 Å². The predicted molar refractivity (Wildman–Crippen MR) is 105 cm³/mol. The second-order valence-electron chi connectivity index (χ2n) is 6.31. The summed E-state index contributed by atoms with van der Waals surface area (Å²) in [4.78, 5) is 17.2. The fourth-order valence-electron chi connectivity index (χ4n) is 3.07. The molecule has 7 nitrogen and oxygen atoms in total. The van der Waals surface area contributed by atoms with E-state index in [0.717, 1.165) is 16.8 Å². The highest BCUT2D eigenvalue weighted by Gasteiger charge is 2.15. The van der Waals surface area contributed by atoms with E-state index in [0.29, 0.717) is 27.6 Å². The van der Waals surface area contributed by atoms with Gasteiger partial charge in [-0.05, 0) is 47.5 Å². The lowest BCUT2D eigenvalue weighted by atomic mass is 10.1. The lowest BCUT2D eigenvalue weighted by Crippen LogP contribution is -2.22. The Labute approximate surface area is 160 Å². The number of tetrazole rings is 1. The summed E-state index contributed by atoms with van der Waals surface area (Å²) >= 11 is 1.46. The van der Waals surface area contributed by atoms with Crippen LogP contribution in [0.4, 0.5) is 0 Å². The molecule has 2 aromatic heterocycles. The third-order valence-electron chi connectivity index (χ3n) is 4.50. The van der Waals surface area contributed by atoms with Crippen LogP contribution in [0.15, 0.2) is 52.4 Å². The molecule has 0 saturated carbocycles. The summed E-state index contributed by atoms with van der Waals surface area (Å²) in [5.74, 6) is 1.17. The zero-order chi connectivity index (χ0) is 19.0. The fraction of sp³-hybridized carbons (Fsp3) is 0.211. The molecule has 2 aromatic carbocycles. The molecule has 0 radical (unpaired) electrons. The smallest absolute Gasteiger partial charge is 0.261 e. The summed E-state index contributed by atoms with van der Waals surface area (Å²) in [5, 5.41) is 13.4. The van der Waals surface area contributed by atoms with Gasteiger partial charge >= 0.3 is 0 Å². The van der Waals surface area contributed by atoms with Crippen LogP contribution in [0.2, 0.25) is 0 Å². The summed E-state index contributed by atoms with van der Waals surface area (Å²) in [6, 6.07) is 13.5. The number of hydrogen-bond acceptors (Lipinski definition) is 6. The van der Waals surface area contributed by atoms with Crippen LogP contribution in [-0.2, 0) is 12.8 Å². The maximum absolute atomic E-state index is 12.6. The Bertz CT molecular complexity index is 1180. The van der Waals surface area contributed by atoms with Gasteiger partial charge in [-0.1, -0.05) is 42.1 Å². The number of aryl methyl sites for hydroxylation is 2. The average Bonchev–Trinajstić information content (AvgIpc) is 3.11. The van der Waals surface area contributed by atoms with Crippen LogP contribution in [0.3, 0.4) is 0 Å². The summed E-state index contributed by atoms with van der Waals surface area (Å²) in [5.41, 5.74) is 3.82. The molecule has 2 heterocycles. The molecule has 8 heteroatoms. The molecule has 0 aliphatic rings. The van der Waals surface area contributed by atoms with E-state index in [4.69, 9.17) is 0 Å². The van der Waals surface area contributed by atoms with Gasteiger partial charge in [0.05, 0.1) is 22.3 Å². The monoisotopic (exact) mass is 378 g/mol. The molecule has 4 rings (SSSR count). The second kappa shape index (κ2) is 6.96. The van der Waals surface area contributed by atoms with Gasteiger partial charge in [0.25, 0.3) is 5.56 Å². The lowest BCUT2D eigenvalue weighted by Gasteiger charge is -2.11. The number of fused-ring (bicyclic) bond motifs is 1. The van der Waals surface area contributed by atoms with Gasteiger partial charge in [-0.15, -0.1) is 5.10 Å². The van der Waals surface area contributed by atoms with Crippen LogP contribution in [-0.4, -0.2) is 29.8 Å². The molecular weight excluding hydrogens is 360 g/mol. The minimum atomic E-state index is -0.0504. The number of rotatable bonds is 4. The fourth-order valence-corrected chi connectivity index (χ4v) is 3.93. The Balaban J connectivity index is 1.68. The summed E-state index contributed by atoms with van der Waals surface area (Å²) < 4.78 is 3.33. The Kier molecular flexibility index (Phi) is 4.49. The number of aromatic nitrogens is 6. The lowest BCUT2D eigenvalue weighted by molar-refractivity contribution is 0.745. The second-order valence-corrected chi connectivity index (χ2v) is 7.25. The van der Waals surface area contributed by atoms with Gasteiger partial charge in [-0.3, -0.25) is 9.36 Å². The van der Waals surface area contributed by atoms with E-state index < -0.39 is 0 Å². The zero-order valence-corrected chi connectivity index (χ0v) is 16.1. The quantitative estimate of drug-likeness (QED) is 0.508. The highest BCUT2D eigenvalue weighted by molar-refractivity contribution is 7.98. The maximum Gasteiger partial charge on any atom is 0.261 e. The number of para-hydroxylation sites is 2. The molecule has 0 N–H and O–H groups in total. The van der Waals surface area contributed by atoms with Crippen molar-refractivity contribution in [2.75, 3.05) is 0 Å². The minimum absolute atomic E-state index is 0.0504. The van der Waals surface area contributed by atoms with Crippen molar-refractivity contribution in [2.24, 2.45) is 7.05 Å². The van der Waals surface area contributed by atoms with Crippen LogP contribution in [0.5, 0.6) is 0 Å². The molecule has 0 bridgehead atoms. The summed E-state index contributed by atoms with van der Waals surface area (Å²) in [6.07, 6.45) is 0. The number of hydrogen-bond donors (Lipinski definition) is 0. The Morgan fingerprint density at radius 2 is 1.78 bits per heavy atom. The van der Waals surface area contributed by atoms with Gasteiger partial charge in [0, 0.05) is 7.05 Å². The van der Waals surface area contributed by atoms with E-state index in [1.807, 2.05) is 50.2 Å². The Morgan fingerprint density at radius 1 is 1.04 bits per heavy atom. The van der Waals surface area contributed by atoms with E-state index in [2.05, 4.69) is 20.5 Å². The molecule has 0 aliphatic carbocycles. The third kappa shape index (κ3) is 3.12. The van der Waals surface area contributed by atoms with Gasteiger partial charge in [-0.25, -0.2) is 4.98 Å². The van der Waals surface area contributed by atoms with Gasteiger partial charge < -0.3 is 0 Å². The highest BCUT2D eigenvalue weighted by Crippen LogP contribution is 2.25. The van der Waals surface area contributed by atoms with Crippen molar-refractivity contribution < 1.29 is 0 Å². The number of benzene rings is 2. The molecule has 27 heavy (non-hydrogen) atoms. The van der Waals surface area contributed by atoms with E-state index in [1.165, 1.54) is 11.8 Å². The van der Waals surface area contributed by atoms with E-state index in [1.54, 1.807) is 22.4 Å². The largest absolute Gasteiger partial charge is 0.299 e. The number of nitrogens with zero attached hydrogens (tertiary/aromatic N) is 6. The molecule has 0 amide bonds. The first-order valence-corrected chi connectivity index (χ1v) is 9.47. The summed E-state index contributed by atoms with van der Waals surface area (Å²) in [6.45, 7) is 4.07. The van der Waals surface area contributed by atoms with Crippen molar-refractivity contribution in [3.05, 3.63) is 69.8 Å². The Morgan fingerprint density at radius 3 is 2.56 bits per heavy atom. The molecule has 0 saturated heterocycles. The van der Waals surface area contributed by atoms with Crippen molar-refractivity contribution in [1.29, 1.82) is 0 Å². The molecule has 4 aromatic rings. The molecule has 136 valence electrons. The van der Waals surface area contributed by atoms with Crippen molar-refractivity contribution in [1.82, 2.24) is 29.8 Å². The van der Waals surface area contributed by atoms with Gasteiger partial charge in [-0.2, -0.15) is 4.68 Å². The first-order chi connectivity index (χ1) is 13.1. The average molecular weight is 378 g/mol. The molecular formula is C19H18N6OS. The molecule has 0 spiro atoms. The van der Waals surface area contributed by atoms with Gasteiger partial charge in [0.15, 0.2) is 0 Å². The van der Waals surface area contributed by atoms with Crippen LogP contribution in [0, 0.1) is 13.8 Å². The van der Waals surface area contributed by atoms with Crippen molar-refractivity contribution in [2.45, 2.75) is 24.8 Å². The first kappa shape index (κ1) is 17.4. The maximum atomic E-state index is 12.6. The van der Waals surface area contributed by atoms with E-state index in [-0.39, 0.29) is 5.56 Å². The van der Waals surface area contributed by atoms with Gasteiger partial charge in [0.1, 0.15) is 5.82 Å². The standard InChI is InChI=1S/C19H18N6OS/c1-12-7-6-8-13(2)17(12)25-19(21-22-23-25)27-11-16-20-15-10-5-4-9-14(15)18(26)24(16)3/h4-10H,11H2,1-3H3. The SMILES string of the molecule is Cc1cccc(C)c1-n1nnnc1SCc1nc2ccccc2c(=O)n1C. The molecule has 0 fully saturated rings. The van der Waals surface area contributed by atoms with Crippen molar-refractivity contribution in [3.63, 3.8) is 0 Å². The molecule has 0 unspecified atom stereocenters. The summed E-state index contributed by atoms with van der Waals surface area (Å²) in [7, 11) is 1.74. The predicted octanol–water partition coefficient (Wildman–Crippen LogP) is 2.82. The topological polar surface area (TPSA) is 78.5 Å². The van der Waals surface area contributed by atoms with Crippen molar-refractivity contribution in [3.8, 4) is 5.69 Å². The van der Waals surface area contributed by atoms with Crippen molar-refractivity contribution >= 4 is 22.7 Å². The Hall–Kier alpha value is -3.00. The van der Waals surface area contributed by atoms with Crippen LogP contribution < -0.4 is 5.56 Å². The third-order valence-corrected chi connectivity index (χ3v) is 5.41. The zero-order valence-electron chi connectivity index (χ0n) is 15.2. The van der Waals surface area contributed by atoms with E-state index in [9.17, 15) is 4.79 Å². The minimum Gasteiger partial charge on any atom is -0.299 e.